The Morgan fingerprint density at radius 3 is 1.13 bits per heavy atom. The molecule has 2 N–H and O–H groups in total. The second-order valence-electron chi connectivity index (χ2n) is 22.7. The number of hydrogen-bond donors (Lipinski definition) is 2. The molecule has 9 heteroatoms. The largest absolute Gasteiger partial charge is 0.756 e. The van der Waals surface area contributed by atoms with Gasteiger partial charge in [-0.1, -0.05) is 275 Å². The Balaban J connectivity index is 4.22. The SMILES string of the molecule is CC/C=C\C/C=C\C/C=C\C/C=C\C/C=C\C/C=C\C/C=C\C/C=C\C/C=C\C/C=C\CCCCCCCCCCC(=O)NC(COP(=O)([O-])OCC[N+](C)(C)C)C(O)/C=C/CC/C=C/CC/C=C/CCCCCCCCCCCCC. The highest BCUT2D eigenvalue weighted by atomic mass is 31.2. The molecule has 3 atom stereocenters. The first-order chi connectivity index (χ1) is 40.0. The van der Waals surface area contributed by atoms with E-state index in [1.807, 2.05) is 27.2 Å². The summed E-state index contributed by atoms with van der Waals surface area (Å²) < 4.78 is 23.4. The Morgan fingerprint density at radius 2 is 0.756 bits per heavy atom. The van der Waals surface area contributed by atoms with Crippen molar-refractivity contribution in [1.82, 2.24) is 5.32 Å². The summed E-state index contributed by atoms with van der Waals surface area (Å²) in [5, 5.41) is 13.9. The maximum Gasteiger partial charge on any atom is 0.268 e. The lowest BCUT2D eigenvalue weighted by Gasteiger charge is -2.29. The second kappa shape index (κ2) is 61.7. The molecule has 3 unspecified atom stereocenters. The van der Waals surface area contributed by atoms with Gasteiger partial charge < -0.3 is 28.8 Å². The number of hydrogen-bond acceptors (Lipinski definition) is 6. The van der Waals surface area contributed by atoms with Gasteiger partial charge in [-0.25, -0.2) is 0 Å². The van der Waals surface area contributed by atoms with Crippen LogP contribution in [0.3, 0.4) is 0 Å². The van der Waals surface area contributed by atoms with Crippen molar-refractivity contribution in [2.24, 2.45) is 0 Å². The number of phosphoric acid groups is 1. The van der Waals surface area contributed by atoms with E-state index in [0.717, 1.165) is 122 Å². The van der Waals surface area contributed by atoms with Crippen LogP contribution in [0.4, 0.5) is 0 Å². The van der Waals surface area contributed by atoms with Crippen LogP contribution in [0.25, 0.3) is 0 Å². The number of nitrogens with one attached hydrogen (secondary N) is 1. The van der Waals surface area contributed by atoms with Crippen LogP contribution in [-0.2, 0) is 18.4 Å². The Bertz CT molecular complexity index is 1890. The first-order valence-corrected chi connectivity index (χ1v) is 34.3. The Morgan fingerprint density at radius 1 is 0.439 bits per heavy atom. The van der Waals surface area contributed by atoms with Crippen molar-refractivity contribution in [3.8, 4) is 0 Å². The first kappa shape index (κ1) is 78.1. The van der Waals surface area contributed by atoms with Crippen molar-refractivity contribution in [2.45, 2.75) is 257 Å². The van der Waals surface area contributed by atoms with Crippen molar-refractivity contribution >= 4 is 13.7 Å². The van der Waals surface area contributed by atoms with Crippen LogP contribution in [0.15, 0.2) is 158 Å². The summed E-state index contributed by atoms with van der Waals surface area (Å²) in [6, 6.07) is -0.927. The standard InChI is InChI=1S/C73H123N2O6P/c1-6-8-10-12-14-16-18-20-22-24-26-28-29-30-31-32-33-34-35-36-37-38-39-40-41-42-43-44-45-47-49-51-53-55-57-59-61-63-65-67-73(77)74-71(70-81-82(78,79)80-69-68-75(3,4)5)72(76)66-64-62-60-58-56-54-52-50-48-46-27-25-23-21-19-17-15-13-11-9-7-2/h8,10,14,16,20,22,26,28,30-31,33-34,36-37,39-40,42-43,45,47-48,50,56,58,64,66,71-72,76H,6-7,9,11-13,15,17-19,21,23-25,27,29,32,35,38,41,44,46,49,51-55,57,59-63,65,67-70H2,1-5H3,(H-,74,77,78,79)/b10-8-,16-14-,22-20-,28-26-,31-30-,34-33-,37-36-,40-39-,43-42-,47-45-,50-48+,58-56+,66-64+. The zero-order valence-electron chi connectivity index (χ0n) is 53.1. The molecule has 0 saturated carbocycles. The van der Waals surface area contributed by atoms with E-state index in [1.54, 1.807) is 6.08 Å². The molecule has 0 aliphatic carbocycles. The quantitative estimate of drug-likeness (QED) is 0.0272. The summed E-state index contributed by atoms with van der Waals surface area (Å²) >= 11 is 0. The molecule has 0 heterocycles. The van der Waals surface area contributed by atoms with Gasteiger partial charge in [-0.15, -0.1) is 0 Å². The molecular weight excluding hydrogens is 1030 g/mol. The van der Waals surface area contributed by atoms with Gasteiger partial charge in [0.15, 0.2) is 0 Å². The topological polar surface area (TPSA) is 108 Å². The average Bonchev–Trinajstić information content (AvgIpc) is 3.46. The third kappa shape index (κ3) is 63.7. The molecule has 82 heavy (non-hydrogen) atoms. The maximum atomic E-state index is 13.0. The summed E-state index contributed by atoms with van der Waals surface area (Å²) in [5.74, 6) is -0.226. The molecule has 0 fully saturated rings. The van der Waals surface area contributed by atoms with Crippen LogP contribution in [-0.4, -0.2) is 68.5 Å². The number of rotatable bonds is 58. The smallest absolute Gasteiger partial charge is 0.268 e. The minimum absolute atomic E-state index is 0.0187. The zero-order chi connectivity index (χ0) is 59.8. The number of carbonyl (C=O) groups is 1. The van der Waals surface area contributed by atoms with E-state index >= 15 is 0 Å². The molecule has 0 spiro atoms. The molecule has 0 aliphatic heterocycles. The van der Waals surface area contributed by atoms with Gasteiger partial charge in [0.1, 0.15) is 13.2 Å². The van der Waals surface area contributed by atoms with Gasteiger partial charge in [-0.05, 0) is 122 Å². The summed E-state index contributed by atoms with van der Waals surface area (Å²) in [6.07, 6.45) is 96.3. The number of allylic oxidation sites excluding steroid dienone is 25. The fourth-order valence-corrected chi connectivity index (χ4v) is 9.35. The van der Waals surface area contributed by atoms with Crippen LogP contribution in [0.5, 0.6) is 0 Å². The van der Waals surface area contributed by atoms with Crippen molar-refractivity contribution in [1.29, 1.82) is 0 Å². The molecule has 0 aromatic carbocycles. The lowest BCUT2D eigenvalue weighted by atomic mass is 10.1. The van der Waals surface area contributed by atoms with Gasteiger partial charge in [-0.3, -0.25) is 9.36 Å². The number of carbonyl (C=O) groups excluding carboxylic acids is 1. The first-order valence-electron chi connectivity index (χ1n) is 32.8. The van der Waals surface area contributed by atoms with E-state index < -0.39 is 26.6 Å². The fourth-order valence-electron chi connectivity index (χ4n) is 8.62. The number of nitrogens with zero attached hydrogens (tertiary/aromatic N) is 1. The molecule has 0 aromatic heterocycles. The van der Waals surface area contributed by atoms with Gasteiger partial charge in [0.05, 0.1) is 39.9 Å². The maximum absolute atomic E-state index is 13.0. The highest BCUT2D eigenvalue weighted by Crippen LogP contribution is 2.38. The number of quaternary nitrogens is 1. The van der Waals surface area contributed by atoms with E-state index in [-0.39, 0.29) is 12.5 Å². The molecule has 0 radical (unpaired) electrons. The monoisotopic (exact) mass is 1150 g/mol. The average molecular weight is 1160 g/mol. The van der Waals surface area contributed by atoms with Crippen molar-refractivity contribution < 1.29 is 32.9 Å². The van der Waals surface area contributed by atoms with Crippen LogP contribution >= 0.6 is 7.82 Å². The van der Waals surface area contributed by atoms with E-state index in [0.29, 0.717) is 17.4 Å². The molecule has 466 valence electrons. The van der Waals surface area contributed by atoms with Crippen molar-refractivity contribution in [2.75, 3.05) is 40.9 Å². The highest BCUT2D eigenvalue weighted by Gasteiger charge is 2.23. The molecule has 0 aromatic rings. The van der Waals surface area contributed by atoms with E-state index in [9.17, 15) is 19.4 Å². The summed E-state index contributed by atoms with van der Waals surface area (Å²) in [7, 11) is 1.21. The number of phosphoric ester groups is 1. The molecule has 1 amide bonds. The minimum Gasteiger partial charge on any atom is -0.756 e. The Hall–Kier alpha value is -3.88. The van der Waals surface area contributed by atoms with Gasteiger partial charge in [0, 0.05) is 6.42 Å². The van der Waals surface area contributed by atoms with Crippen molar-refractivity contribution in [3.63, 3.8) is 0 Å². The zero-order valence-corrected chi connectivity index (χ0v) is 54.0. The summed E-state index contributed by atoms with van der Waals surface area (Å²) in [6.45, 7) is 4.49. The summed E-state index contributed by atoms with van der Waals surface area (Å²) in [5.41, 5.74) is 0. The third-order valence-electron chi connectivity index (χ3n) is 13.7. The molecule has 0 rings (SSSR count). The van der Waals surface area contributed by atoms with E-state index in [1.165, 1.54) is 103 Å². The molecule has 8 nitrogen and oxygen atoms in total. The summed E-state index contributed by atoms with van der Waals surface area (Å²) in [4.78, 5) is 25.6. The Labute approximate surface area is 505 Å². The number of aliphatic hydroxyl groups excluding tert-OH is 1. The Kier molecular flexibility index (Phi) is 58.8. The van der Waals surface area contributed by atoms with Crippen LogP contribution in [0.2, 0.25) is 0 Å². The molecular formula is C73H123N2O6P. The van der Waals surface area contributed by atoms with E-state index in [4.69, 9.17) is 9.05 Å². The lowest BCUT2D eigenvalue weighted by molar-refractivity contribution is -0.870. The second-order valence-corrected chi connectivity index (χ2v) is 24.1. The third-order valence-corrected chi connectivity index (χ3v) is 14.7. The fraction of sp³-hybridized carbons (Fsp3) is 0.630. The number of amides is 1. The number of unbranched alkanes of at least 4 members (excludes halogenated alkanes) is 21. The van der Waals surface area contributed by atoms with Crippen molar-refractivity contribution in [3.05, 3.63) is 158 Å². The molecule has 0 bridgehead atoms. The number of likely N-dealkylation sites (N-methyl/N-ethyl adjacent to an activating group) is 1. The predicted octanol–water partition coefficient (Wildman–Crippen LogP) is 20.4. The van der Waals surface area contributed by atoms with E-state index in [2.05, 4.69) is 165 Å². The lowest BCUT2D eigenvalue weighted by Crippen LogP contribution is -2.45. The normalized spacial score (nSPS) is 14.8. The van der Waals surface area contributed by atoms with Gasteiger partial charge in [0.2, 0.25) is 5.91 Å². The minimum atomic E-state index is -4.63. The van der Waals surface area contributed by atoms with Crippen LogP contribution in [0, 0.1) is 0 Å². The van der Waals surface area contributed by atoms with Crippen LogP contribution in [0.1, 0.15) is 245 Å². The molecule has 0 aliphatic rings. The number of aliphatic hydroxyl groups is 1. The van der Waals surface area contributed by atoms with Gasteiger partial charge >= 0.3 is 0 Å². The van der Waals surface area contributed by atoms with Crippen LogP contribution < -0.4 is 10.2 Å². The van der Waals surface area contributed by atoms with Gasteiger partial charge in [-0.2, -0.15) is 0 Å². The predicted molar refractivity (Wildman–Crippen MR) is 357 cm³/mol. The molecule has 0 saturated heterocycles. The highest BCUT2D eigenvalue weighted by molar-refractivity contribution is 7.45. The van der Waals surface area contributed by atoms with Gasteiger partial charge in [0.25, 0.3) is 7.82 Å².